The van der Waals surface area contributed by atoms with Crippen molar-refractivity contribution in [3.8, 4) is 0 Å². The third kappa shape index (κ3) is 4.38. The third-order valence-corrected chi connectivity index (χ3v) is 3.46. The fourth-order valence-corrected chi connectivity index (χ4v) is 2.36. The van der Waals surface area contributed by atoms with Gasteiger partial charge in [0.15, 0.2) is 0 Å². The Bertz CT molecular complexity index is 336. The summed E-state index contributed by atoms with van der Waals surface area (Å²) < 4.78 is 0. The van der Waals surface area contributed by atoms with Gasteiger partial charge in [-0.3, -0.25) is 4.79 Å². The van der Waals surface area contributed by atoms with Crippen LogP contribution in [0.1, 0.15) is 24.5 Å². The summed E-state index contributed by atoms with van der Waals surface area (Å²) in [4.78, 5) is 10.5. The van der Waals surface area contributed by atoms with Crippen molar-refractivity contribution in [1.29, 1.82) is 0 Å². The van der Waals surface area contributed by atoms with E-state index in [0.29, 0.717) is 0 Å². The number of aryl methyl sites for hydroxylation is 1. The Morgan fingerprint density at radius 2 is 2.13 bits per heavy atom. The zero-order valence-electron chi connectivity index (χ0n) is 9.06. The molecule has 15 heavy (non-hydrogen) atoms. The molecule has 0 amide bonds. The smallest absolute Gasteiger partial charge is 0.304 e. The van der Waals surface area contributed by atoms with E-state index in [1.54, 1.807) is 11.8 Å². The maximum atomic E-state index is 10.5. The van der Waals surface area contributed by atoms with Crippen molar-refractivity contribution in [3.63, 3.8) is 0 Å². The highest BCUT2D eigenvalue weighted by Crippen LogP contribution is 2.21. The van der Waals surface area contributed by atoms with Crippen LogP contribution in [0.5, 0.6) is 0 Å². The summed E-state index contributed by atoms with van der Waals surface area (Å²) in [6.45, 7) is 4.04. The normalized spacial score (nSPS) is 12.4. The molecular formula is C12H16O2S. The largest absolute Gasteiger partial charge is 0.481 e. The number of carboxylic acids is 1. The number of thioether (sulfide) groups is 1. The van der Waals surface area contributed by atoms with Crippen molar-refractivity contribution >= 4 is 17.7 Å². The van der Waals surface area contributed by atoms with Gasteiger partial charge in [-0.25, -0.2) is 0 Å². The minimum Gasteiger partial charge on any atom is -0.481 e. The summed E-state index contributed by atoms with van der Waals surface area (Å²) in [5, 5.41) is 8.79. The molecule has 82 valence electrons. The van der Waals surface area contributed by atoms with Gasteiger partial charge in [0.2, 0.25) is 0 Å². The standard InChI is InChI=1S/C12H16O2S/c1-9-5-3-4-6-11(9)8-15-10(2)7-12(13)14/h3-6,10H,7-8H2,1-2H3,(H,13,14). The third-order valence-electron chi connectivity index (χ3n) is 2.25. The van der Waals surface area contributed by atoms with E-state index in [-0.39, 0.29) is 11.7 Å². The maximum Gasteiger partial charge on any atom is 0.304 e. The number of rotatable bonds is 5. The van der Waals surface area contributed by atoms with Crippen molar-refractivity contribution in [2.45, 2.75) is 31.3 Å². The van der Waals surface area contributed by atoms with Crippen molar-refractivity contribution in [3.05, 3.63) is 35.4 Å². The SMILES string of the molecule is Cc1ccccc1CSC(C)CC(=O)O. The molecule has 2 nitrogen and oxygen atoms in total. The predicted octanol–water partition coefficient (Wildman–Crippen LogP) is 3.09. The van der Waals surface area contributed by atoms with Gasteiger partial charge in [-0.05, 0) is 18.1 Å². The van der Waals surface area contributed by atoms with Crippen LogP contribution >= 0.6 is 11.8 Å². The Kier molecular flexibility index (Phi) is 4.69. The number of benzene rings is 1. The van der Waals surface area contributed by atoms with Crippen LogP contribution in [0.3, 0.4) is 0 Å². The molecule has 0 bridgehead atoms. The van der Waals surface area contributed by atoms with Gasteiger partial charge in [-0.15, -0.1) is 0 Å². The Balaban J connectivity index is 2.43. The van der Waals surface area contributed by atoms with Crippen LogP contribution in [0.4, 0.5) is 0 Å². The second-order valence-corrected chi connectivity index (χ2v) is 5.07. The lowest BCUT2D eigenvalue weighted by Gasteiger charge is -2.09. The van der Waals surface area contributed by atoms with Crippen molar-refractivity contribution < 1.29 is 9.90 Å². The summed E-state index contributed by atoms with van der Waals surface area (Å²) in [5.74, 6) is 0.168. The van der Waals surface area contributed by atoms with E-state index >= 15 is 0 Å². The molecule has 0 radical (unpaired) electrons. The molecule has 0 fully saturated rings. The van der Waals surface area contributed by atoms with Gasteiger partial charge in [-0.1, -0.05) is 31.2 Å². The van der Waals surface area contributed by atoms with Crippen LogP contribution in [0.15, 0.2) is 24.3 Å². The number of hydrogen-bond acceptors (Lipinski definition) is 2. The molecule has 3 heteroatoms. The van der Waals surface area contributed by atoms with Gasteiger partial charge in [0.25, 0.3) is 0 Å². The molecule has 0 saturated heterocycles. The van der Waals surface area contributed by atoms with E-state index in [1.165, 1.54) is 11.1 Å². The lowest BCUT2D eigenvalue weighted by Crippen LogP contribution is -2.06. The van der Waals surface area contributed by atoms with Crippen molar-refractivity contribution in [2.75, 3.05) is 0 Å². The lowest BCUT2D eigenvalue weighted by atomic mass is 10.1. The molecular weight excluding hydrogens is 208 g/mol. The molecule has 1 rings (SSSR count). The first-order chi connectivity index (χ1) is 7.09. The average Bonchev–Trinajstić information content (AvgIpc) is 2.15. The molecule has 1 aromatic rings. The van der Waals surface area contributed by atoms with Gasteiger partial charge in [0.05, 0.1) is 6.42 Å². The lowest BCUT2D eigenvalue weighted by molar-refractivity contribution is -0.136. The highest BCUT2D eigenvalue weighted by molar-refractivity contribution is 7.99. The molecule has 0 aliphatic heterocycles. The minimum atomic E-state index is -0.722. The number of aliphatic carboxylic acids is 1. The number of carbonyl (C=O) groups is 1. The Hall–Kier alpha value is -0.960. The second-order valence-electron chi connectivity index (χ2n) is 3.65. The van der Waals surface area contributed by atoms with Crippen LogP contribution in [0, 0.1) is 6.92 Å². The van der Waals surface area contributed by atoms with Crippen LogP contribution in [-0.4, -0.2) is 16.3 Å². The van der Waals surface area contributed by atoms with Crippen LogP contribution < -0.4 is 0 Å². The molecule has 1 atom stereocenters. The maximum absolute atomic E-state index is 10.5. The first kappa shape index (κ1) is 12.1. The number of hydrogen-bond donors (Lipinski definition) is 1. The van der Waals surface area contributed by atoms with E-state index < -0.39 is 5.97 Å². The fourth-order valence-electron chi connectivity index (χ4n) is 1.31. The summed E-state index contributed by atoms with van der Waals surface area (Å²) in [7, 11) is 0. The fraction of sp³-hybridized carbons (Fsp3) is 0.417. The Morgan fingerprint density at radius 1 is 1.47 bits per heavy atom. The molecule has 0 spiro atoms. The molecule has 0 saturated carbocycles. The number of carboxylic acid groups (broad SMARTS) is 1. The first-order valence-electron chi connectivity index (χ1n) is 4.97. The van der Waals surface area contributed by atoms with Crippen LogP contribution in [-0.2, 0) is 10.5 Å². The van der Waals surface area contributed by atoms with Gasteiger partial charge >= 0.3 is 5.97 Å². The molecule has 0 aliphatic rings. The summed E-state index contributed by atoms with van der Waals surface area (Å²) in [5.41, 5.74) is 2.56. The van der Waals surface area contributed by atoms with Crippen LogP contribution in [0.2, 0.25) is 0 Å². The Labute approximate surface area is 94.7 Å². The summed E-state index contributed by atoms with van der Waals surface area (Å²) in [6, 6.07) is 8.21. The monoisotopic (exact) mass is 224 g/mol. The van der Waals surface area contributed by atoms with E-state index in [0.717, 1.165) is 5.75 Å². The predicted molar refractivity (Wildman–Crippen MR) is 64.2 cm³/mol. The minimum absolute atomic E-state index is 0.169. The zero-order valence-corrected chi connectivity index (χ0v) is 9.88. The molecule has 0 heterocycles. The zero-order chi connectivity index (χ0) is 11.3. The quantitative estimate of drug-likeness (QED) is 0.835. The molecule has 0 aliphatic carbocycles. The summed E-state index contributed by atoms with van der Waals surface area (Å²) >= 11 is 1.69. The van der Waals surface area contributed by atoms with Gasteiger partial charge in [0.1, 0.15) is 0 Å². The molecule has 1 aromatic carbocycles. The van der Waals surface area contributed by atoms with E-state index in [9.17, 15) is 4.79 Å². The van der Waals surface area contributed by atoms with Crippen molar-refractivity contribution in [1.82, 2.24) is 0 Å². The summed E-state index contributed by atoms with van der Waals surface area (Å²) in [6.07, 6.45) is 0.233. The molecule has 1 unspecified atom stereocenters. The van der Waals surface area contributed by atoms with Gasteiger partial charge in [-0.2, -0.15) is 11.8 Å². The van der Waals surface area contributed by atoms with Crippen LogP contribution in [0.25, 0.3) is 0 Å². The van der Waals surface area contributed by atoms with E-state index in [2.05, 4.69) is 19.1 Å². The van der Waals surface area contributed by atoms with Gasteiger partial charge in [0, 0.05) is 11.0 Å². The molecule has 0 aromatic heterocycles. The second kappa shape index (κ2) is 5.81. The average molecular weight is 224 g/mol. The molecule has 1 N–H and O–H groups in total. The topological polar surface area (TPSA) is 37.3 Å². The highest BCUT2D eigenvalue weighted by Gasteiger charge is 2.08. The first-order valence-corrected chi connectivity index (χ1v) is 6.02. The Morgan fingerprint density at radius 3 is 2.73 bits per heavy atom. The van der Waals surface area contributed by atoms with E-state index in [4.69, 9.17) is 5.11 Å². The van der Waals surface area contributed by atoms with E-state index in [1.807, 2.05) is 19.1 Å². The van der Waals surface area contributed by atoms with Gasteiger partial charge < -0.3 is 5.11 Å². The highest BCUT2D eigenvalue weighted by atomic mass is 32.2. The van der Waals surface area contributed by atoms with Crippen molar-refractivity contribution in [2.24, 2.45) is 0 Å².